The number of rotatable bonds is 3. The van der Waals surface area contributed by atoms with Crippen LogP contribution in [0.15, 0.2) is 22.8 Å². The first kappa shape index (κ1) is 18.5. The van der Waals surface area contributed by atoms with E-state index in [4.69, 9.17) is 9.15 Å². The molecule has 3 aliphatic rings. The van der Waals surface area contributed by atoms with Crippen LogP contribution in [0.5, 0.6) is 0 Å². The molecular formula is C20H29N3O4. The summed E-state index contributed by atoms with van der Waals surface area (Å²) in [6.45, 7) is 6.18. The Labute approximate surface area is 160 Å². The Morgan fingerprint density at radius 1 is 0.963 bits per heavy atom. The molecule has 4 rings (SSSR count). The van der Waals surface area contributed by atoms with E-state index in [9.17, 15) is 9.59 Å². The molecule has 0 aromatic carbocycles. The topological polar surface area (TPSA) is 66.2 Å². The summed E-state index contributed by atoms with van der Waals surface area (Å²) in [5, 5.41) is 0. The summed E-state index contributed by atoms with van der Waals surface area (Å²) < 4.78 is 10.6. The summed E-state index contributed by atoms with van der Waals surface area (Å²) in [7, 11) is 0. The number of carbonyl (C=O) groups excluding carboxylic acids is 2. The number of nitrogens with zero attached hydrogens (tertiary/aromatic N) is 3. The maximum atomic E-state index is 12.8. The van der Waals surface area contributed by atoms with Crippen molar-refractivity contribution in [1.82, 2.24) is 14.7 Å². The van der Waals surface area contributed by atoms with Crippen molar-refractivity contribution in [3.05, 3.63) is 24.2 Å². The van der Waals surface area contributed by atoms with Crippen molar-refractivity contribution in [3.63, 3.8) is 0 Å². The van der Waals surface area contributed by atoms with Crippen LogP contribution < -0.4 is 0 Å². The third kappa shape index (κ3) is 4.19. The van der Waals surface area contributed by atoms with Gasteiger partial charge in [0, 0.05) is 38.8 Å². The summed E-state index contributed by atoms with van der Waals surface area (Å²) in [6, 6.07) is 3.94. The van der Waals surface area contributed by atoms with E-state index in [1.165, 1.54) is 0 Å². The number of hydrogen-bond donors (Lipinski definition) is 0. The zero-order chi connectivity index (χ0) is 18.6. The van der Waals surface area contributed by atoms with Crippen molar-refractivity contribution in [3.8, 4) is 0 Å². The van der Waals surface area contributed by atoms with E-state index in [1.807, 2.05) is 9.80 Å². The molecule has 148 valence electrons. The second-order valence-electron chi connectivity index (χ2n) is 7.77. The molecule has 0 N–H and O–H groups in total. The smallest absolute Gasteiger partial charge is 0.289 e. The molecular weight excluding hydrogens is 346 g/mol. The lowest BCUT2D eigenvalue weighted by Gasteiger charge is -2.42. The van der Waals surface area contributed by atoms with Gasteiger partial charge in [0.1, 0.15) is 0 Å². The van der Waals surface area contributed by atoms with Crippen molar-refractivity contribution in [1.29, 1.82) is 0 Å². The van der Waals surface area contributed by atoms with Crippen LogP contribution in [0.25, 0.3) is 0 Å². The first-order chi connectivity index (χ1) is 13.2. The highest BCUT2D eigenvalue weighted by atomic mass is 16.5. The second-order valence-corrected chi connectivity index (χ2v) is 7.77. The predicted octanol–water partition coefficient (Wildman–Crippen LogP) is 1.45. The predicted molar refractivity (Wildman–Crippen MR) is 99.3 cm³/mol. The summed E-state index contributed by atoms with van der Waals surface area (Å²) in [4.78, 5) is 31.6. The molecule has 1 aromatic rings. The number of hydrogen-bond acceptors (Lipinski definition) is 5. The fourth-order valence-corrected chi connectivity index (χ4v) is 4.57. The molecule has 3 aliphatic heterocycles. The van der Waals surface area contributed by atoms with Crippen LogP contribution in [0.3, 0.4) is 0 Å². The van der Waals surface area contributed by atoms with Crippen LogP contribution >= 0.6 is 0 Å². The van der Waals surface area contributed by atoms with Gasteiger partial charge in [-0.1, -0.05) is 0 Å². The third-order valence-corrected chi connectivity index (χ3v) is 6.12. The quantitative estimate of drug-likeness (QED) is 0.800. The largest absolute Gasteiger partial charge is 0.459 e. The van der Waals surface area contributed by atoms with Crippen LogP contribution in [0, 0.1) is 5.92 Å². The van der Waals surface area contributed by atoms with E-state index in [0.29, 0.717) is 30.9 Å². The van der Waals surface area contributed by atoms with Gasteiger partial charge in [-0.15, -0.1) is 0 Å². The van der Waals surface area contributed by atoms with Crippen molar-refractivity contribution in [2.75, 3.05) is 52.5 Å². The number of ether oxygens (including phenoxy) is 1. The normalized spacial score (nSPS) is 25.6. The highest BCUT2D eigenvalue weighted by Gasteiger charge is 2.34. The Hall–Kier alpha value is -1.86. The van der Waals surface area contributed by atoms with Gasteiger partial charge in [0.05, 0.1) is 25.4 Å². The molecule has 7 heteroatoms. The van der Waals surface area contributed by atoms with E-state index in [2.05, 4.69) is 4.90 Å². The zero-order valence-corrected chi connectivity index (χ0v) is 15.8. The van der Waals surface area contributed by atoms with Gasteiger partial charge >= 0.3 is 0 Å². The van der Waals surface area contributed by atoms with Gasteiger partial charge in [0.2, 0.25) is 5.91 Å². The van der Waals surface area contributed by atoms with Gasteiger partial charge in [-0.05, 0) is 44.4 Å². The Bertz CT molecular complexity index is 634. The number of carbonyl (C=O) groups is 2. The van der Waals surface area contributed by atoms with Gasteiger partial charge in [-0.2, -0.15) is 0 Å². The molecule has 0 radical (unpaired) electrons. The summed E-state index contributed by atoms with van der Waals surface area (Å²) in [6.07, 6.45) is 5.53. The van der Waals surface area contributed by atoms with E-state index in [1.54, 1.807) is 18.4 Å². The van der Waals surface area contributed by atoms with Crippen molar-refractivity contribution >= 4 is 11.8 Å². The van der Waals surface area contributed by atoms with Gasteiger partial charge < -0.3 is 19.0 Å². The Morgan fingerprint density at radius 3 is 2.44 bits per heavy atom. The van der Waals surface area contributed by atoms with Crippen molar-refractivity contribution in [2.24, 2.45) is 5.92 Å². The molecule has 27 heavy (non-hydrogen) atoms. The Balaban J connectivity index is 1.29. The van der Waals surface area contributed by atoms with Crippen LogP contribution in [-0.4, -0.2) is 85.0 Å². The second kappa shape index (κ2) is 8.44. The van der Waals surface area contributed by atoms with Gasteiger partial charge in [-0.3, -0.25) is 14.5 Å². The molecule has 0 bridgehead atoms. The van der Waals surface area contributed by atoms with Gasteiger partial charge in [0.25, 0.3) is 5.91 Å². The average Bonchev–Trinajstić information content (AvgIpc) is 3.28. The lowest BCUT2D eigenvalue weighted by molar-refractivity contribution is -0.141. The number of morpholine rings is 1. The minimum Gasteiger partial charge on any atom is -0.459 e. The lowest BCUT2D eigenvalue weighted by atomic mass is 9.92. The molecule has 1 atom stereocenters. The number of likely N-dealkylation sites (tertiary alicyclic amines) is 2. The van der Waals surface area contributed by atoms with Crippen LogP contribution in [-0.2, 0) is 9.53 Å². The fraction of sp³-hybridized carbons (Fsp3) is 0.700. The minimum atomic E-state index is -0.0162. The first-order valence-electron chi connectivity index (χ1n) is 10.2. The summed E-state index contributed by atoms with van der Waals surface area (Å²) >= 11 is 0. The van der Waals surface area contributed by atoms with Crippen LogP contribution in [0.2, 0.25) is 0 Å². The summed E-state index contributed by atoms with van der Waals surface area (Å²) in [5.41, 5.74) is 0. The monoisotopic (exact) mass is 375 g/mol. The maximum absolute atomic E-state index is 12.8. The van der Waals surface area contributed by atoms with E-state index < -0.39 is 0 Å². The highest BCUT2D eigenvalue weighted by Crippen LogP contribution is 2.26. The standard InChI is InChI=1S/C20H29N3O4/c24-19(22-10-13-26-14-11-22)16-3-1-7-23(15-16)17-5-8-21(9-6-17)20(25)18-4-2-12-27-18/h2,4,12,16-17H,1,3,5-11,13-15H2. The first-order valence-corrected chi connectivity index (χ1v) is 10.2. The molecule has 1 unspecified atom stereocenters. The molecule has 7 nitrogen and oxygen atoms in total. The fourth-order valence-electron chi connectivity index (χ4n) is 4.57. The average molecular weight is 375 g/mol. The molecule has 3 saturated heterocycles. The molecule has 0 saturated carbocycles. The molecule has 2 amide bonds. The SMILES string of the molecule is O=C(c1ccco1)N1CCC(N2CCCC(C(=O)N3CCOCC3)C2)CC1. The minimum absolute atomic E-state index is 0.0162. The van der Waals surface area contributed by atoms with Crippen molar-refractivity contribution in [2.45, 2.75) is 31.7 Å². The molecule has 0 aliphatic carbocycles. The molecule has 4 heterocycles. The molecule has 3 fully saturated rings. The zero-order valence-electron chi connectivity index (χ0n) is 15.8. The number of furan rings is 1. The maximum Gasteiger partial charge on any atom is 0.289 e. The van der Waals surface area contributed by atoms with E-state index >= 15 is 0 Å². The van der Waals surface area contributed by atoms with Crippen molar-refractivity contribution < 1.29 is 18.7 Å². The summed E-state index contributed by atoms with van der Waals surface area (Å²) in [5.74, 6) is 0.813. The molecule has 1 aromatic heterocycles. The van der Waals surface area contributed by atoms with Gasteiger partial charge in [0.15, 0.2) is 5.76 Å². The number of amides is 2. The highest BCUT2D eigenvalue weighted by molar-refractivity contribution is 5.91. The van der Waals surface area contributed by atoms with Crippen LogP contribution in [0.1, 0.15) is 36.2 Å². The van der Waals surface area contributed by atoms with E-state index in [-0.39, 0.29) is 11.8 Å². The third-order valence-electron chi connectivity index (χ3n) is 6.12. The lowest BCUT2D eigenvalue weighted by Crippen LogP contribution is -2.53. The van der Waals surface area contributed by atoms with Gasteiger partial charge in [-0.25, -0.2) is 0 Å². The Kier molecular flexibility index (Phi) is 5.78. The van der Waals surface area contributed by atoms with Crippen LogP contribution in [0.4, 0.5) is 0 Å². The van der Waals surface area contributed by atoms with E-state index in [0.717, 1.165) is 65.0 Å². The Morgan fingerprint density at radius 2 is 1.74 bits per heavy atom. The number of piperidine rings is 2. The molecule has 0 spiro atoms.